The van der Waals surface area contributed by atoms with E-state index in [1.165, 1.54) is 34.8 Å². The van der Waals surface area contributed by atoms with Gasteiger partial charge in [0.1, 0.15) is 5.01 Å². The molecule has 3 rings (SSSR count). The molecule has 1 aliphatic carbocycles. The van der Waals surface area contributed by atoms with Crippen LogP contribution in [0.15, 0.2) is 0 Å². The van der Waals surface area contributed by atoms with Crippen LogP contribution >= 0.6 is 11.3 Å². The highest BCUT2D eigenvalue weighted by atomic mass is 32.1. The smallest absolute Gasteiger partial charge is 0.107 e. The van der Waals surface area contributed by atoms with Gasteiger partial charge in [-0.05, 0) is 45.6 Å². The summed E-state index contributed by atoms with van der Waals surface area (Å²) in [5.41, 5.74) is 1.31. The molecule has 6 heteroatoms. The van der Waals surface area contributed by atoms with E-state index in [1.807, 2.05) is 18.4 Å². The maximum atomic E-state index is 10.2. The van der Waals surface area contributed by atoms with Crippen molar-refractivity contribution >= 4 is 11.3 Å². The number of likely N-dealkylation sites (N-methyl/N-ethyl adjacent to an activating group) is 1. The first-order chi connectivity index (χ1) is 11.2. The molecule has 1 fully saturated rings. The van der Waals surface area contributed by atoms with Crippen LogP contribution in [0.25, 0.3) is 0 Å². The second-order valence-corrected chi connectivity index (χ2v) is 7.85. The zero-order valence-electron chi connectivity index (χ0n) is 14.0. The van der Waals surface area contributed by atoms with E-state index in [9.17, 15) is 5.11 Å². The molecule has 2 aliphatic rings. The summed E-state index contributed by atoms with van der Waals surface area (Å²) in [4.78, 5) is 8.38. The van der Waals surface area contributed by atoms with Crippen molar-refractivity contribution in [3.63, 3.8) is 0 Å². The Morgan fingerprint density at radius 3 is 2.91 bits per heavy atom. The molecule has 0 saturated carbocycles. The van der Waals surface area contributed by atoms with Crippen LogP contribution in [0.1, 0.15) is 41.3 Å². The Morgan fingerprint density at radius 2 is 2.13 bits per heavy atom. The third kappa shape index (κ3) is 5.22. The molecule has 1 saturated heterocycles. The highest BCUT2D eigenvalue weighted by Gasteiger charge is 2.19. The number of aromatic nitrogens is 1. The molecule has 1 aromatic heterocycles. The first-order valence-electron chi connectivity index (χ1n) is 8.74. The number of hydrogen-bond acceptors (Lipinski definition) is 6. The largest absolute Gasteiger partial charge is 0.389 e. The first kappa shape index (κ1) is 17.3. The molecule has 0 spiro atoms. The number of fused-ring (bicyclic) bond motifs is 1. The van der Waals surface area contributed by atoms with Crippen LogP contribution in [0.4, 0.5) is 0 Å². The minimum atomic E-state index is -0.447. The lowest BCUT2D eigenvalue weighted by molar-refractivity contribution is -0.0634. The monoisotopic (exact) mass is 340 g/mol. The summed E-state index contributed by atoms with van der Waals surface area (Å²) in [5, 5.41) is 11.4. The average Bonchev–Trinajstić information content (AvgIpc) is 2.96. The van der Waals surface area contributed by atoms with Gasteiger partial charge in [-0.2, -0.15) is 0 Å². The molecule has 1 N–H and O–H groups in total. The minimum absolute atomic E-state index is 0.245. The van der Waals surface area contributed by atoms with Crippen molar-refractivity contribution in [2.75, 3.05) is 33.4 Å². The summed E-state index contributed by atoms with van der Waals surface area (Å²) >= 11 is 1.85. The molecule has 1 atom stereocenters. The van der Waals surface area contributed by atoms with Gasteiger partial charge in [-0.1, -0.05) is 0 Å². The van der Waals surface area contributed by atoms with Crippen LogP contribution in [0.3, 0.4) is 0 Å². The Bertz CT molecular complexity index is 465. The fourth-order valence-electron chi connectivity index (χ4n) is 3.27. The van der Waals surface area contributed by atoms with E-state index in [2.05, 4.69) is 4.90 Å². The van der Waals surface area contributed by atoms with Gasteiger partial charge in [0.15, 0.2) is 0 Å². The van der Waals surface area contributed by atoms with Gasteiger partial charge in [-0.3, -0.25) is 4.90 Å². The second-order valence-electron chi connectivity index (χ2n) is 6.68. The molecule has 1 aliphatic heterocycles. The van der Waals surface area contributed by atoms with Crippen LogP contribution in [0, 0.1) is 0 Å². The molecule has 0 bridgehead atoms. The third-order valence-corrected chi connectivity index (χ3v) is 5.65. The Morgan fingerprint density at radius 1 is 1.35 bits per heavy atom. The number of nitrogens with zero attached hydrogens (tertiary/aromatic N) is 2. The van der Waals surface area contributed by atoms with E-state index in [0.717, 1.165) is 39.0 Å². The predicted octanol–water partition coefficient (Wildman–Crippen LogP) is 2.01. The Hall–Kier alpha value is -0.530. The van der Waals surface area contributed by atoms with Crippen LogP contribution in [0.2, 0.25) is 0 Å². The van der Waals surface area contributed by atoms with E-state index in [-0.39, 0.29) is 6.10 Å². The lowest BCUT2D eigenvalue weighted by Crippen LogP contribution is -2.34. The average molecular weight is 340 g/mol. The predicted molar refractivity (Wildman–Crippen MR) is 90.9 cm³/mol. The molecule has 0 radical (unpaired) electrons. The number of aryl methyl sites for hydroxylation is 2. The Labute approximate surface area is 142 Å². The van der Waals surface area contributed by atoms with Crippen LogP contribution in [-0.4, -0.2) is 60.6 Å². The number of rotatable bonds is 7. The van der Waals surface area contributed by atoms with Crippen LogP contribution < -0.4 is 0 Å². The highest BCUT2D eigenvalue weighted by Crippen LogP contribution is 2.27. The molecule has 1 aromatic rings. The molecule has 0 amide bonds. The van der Waals surface area contributed by atoms with Crippen LogP contribution in [0.5, 0.6) is 0 Å². The normalized spacial score (nSPS) is 20.7. The minimum Gasteiger partial charge on any atom is -0.389 e. The lowest BCUT2D eigenvalue weighted by Gasteiger charge is -2.25. The van der Waals surface area contributed by atoms with E-state index in [0.29, 0.717) is 13.2 Å². The number of ether oxygens (including phenoxy) is 2. The fraction of sp³-hybridized carbons (Fsp3) is 0.824. The number of thiazole rings is 1. The Balaban J connectivity index is 1.39. The van der Waals surface area contributed by atoms with Gasteiger partial charge in [-0.15, -0.1) is 11.3 Å². The standard InChI is InChI=1S/C17H28N2O3S/c1-19(10-13(20)12-22-14-6-8-21-9-7-14)11-17-18-15-4-2-3-5-16(15)23-17/h13-14,20H,2-12H2,1H3. The van der Waals surface area contributed by atoms with Crippen molar-refractivity contribution < 1.29 is 14.6 Å². The number of aliphatic hydroxyl groups excluding tert-OH is 1. The van der Waals surface area contributed by atoms with E-state index < -0.39 is 6.10 Å². The molecule has 5 nitrogen and oxygen atoms in total. The zero-order chi connectivity index (χ0) is 16.1. The summed E-state index contributed by atoms with van der Waals surface area (Å²) < 4.78 is 11.1. The molecule has 2 heterocycles. The van der Waals surface area contributed by atoms with E-state index >= 15 is 0 Å². The van der Waals surface area contributed by atoms with Gasteiger partial charge in [0.05, 0.1) is 31.1 Å². The van der Waals surface area contributed by atoms with Gasteiger partial charge >= 0.3 is 0 Å². The van der Waals surface area contributed by atoms with Crippen LogP contribution in [-0.2, 0) is 28.9 Å². The van der Waals surface area contributed by atoms with Crippen molar-refractivity contribution in [3.05, 3.63) is 15.6 Å². The quantitative estimate of drug-likeness (QED) is 0.823. The van der Waals surface area contributed by atoms with Crippen molar-refractivity contribution in [3.8, 4) is 0 Å². The van der Waals surface area contributed by atoms with E-state index in [1.54, 1.807) is 0 Å². The maximum absolute atomic E-state index is 10.2. The fourth-order valence-corrected chi connectivity index (χ4v) is 4.51. The molecule has 1 unspecified atom stereocenters. The SMILES string of the molecule is CN(Cc1nc2c(s1)CCCC2)CC(O)COC1CCOCC1. The van der Waals surface area contributed by atoms with Crippen molar-refractivity contribution in [1.82, 2.24) is 9.88 Å². The summed E-state index contributed by atoms with van der Waals surface area (Å²) in [6, 6.07) is 0. The number of aliphatic hydroxyl groups is 1. The summed E-state index contributed by atoms with van der Waals surface area (Å²) in [6.45, 7) is 3.38. The Kier molecular flexibility index (Phi) is 6.42. The first-order valence-corrected chi connectivity index (χ1v) is 9.56. The van der Waals surface area contributed by atoms with Gasteiger partial charge in [0, 0.05) is 24.6 Å². The van der Waals surface area contributed by atoms with Gasteiger partial charge in [-0.25, -0.2) is 4.98 Å². The van der Waals surface area contributed by atoms with Gasteiger partial charge in [0.2, 0.25) is 0 Å². The molecule has 130 valence electrons. The van der Waals surface area contributed by atoms with Crippen molar-refractivity contribution in [2.45, 2.75) is 57.3 Å². The van der Waals surface area contributed by atoms with Gasteiger partial charge in [0.25, 0.3) is 0 Å². The van der Waals surface area contributed by atoms with Gasteiger partial charge < -0.3 is 14.6 Å². The molecule has 23 heavy (non-hydrogen) atoms. The third-order valence-electron chi connectivity index (χ3n) is 4.51. The summed E-state index contributed by atoms with van der Waals surface area (Å²) in [7, 11) is 2.04. The van der Waals surface area contributed by atoms with E-state index in [4.69, 9.17) is 14.5 Å². The molecular weight excluding hydrogens is 312 g/mol. The van der Waals surface area contributed by atoms with Crippen molar-refractivity contribution in [2.24, 2.45) is 0 Å². The number of hydrogen-bond donors (Lipinski definition) is 1. The molecule has 0 aromatic carbocycles. The highest BCUT2D eigenvalue weighted by molar-refractivity contribution is 7.11. The second kappa shape index (κ2) is 8.53. The maximum Gasteiger partial charge on any atom is 0.107 e. The summed E-state index contributed by atoms with van der Waals surface area (Å²) in [6.07, 6.45) is 6.57. The summed E-state index contributed by atoms with van der Waals surface area (Å²) in [5.74, 6) is 0. The topological polar surface area (TPSA) is 54.8 Å². The lowest BCUT2D eigenvalue weighted by atomic mass is 10.0. The zero-order valence-corrected chi connectivity index (χ0v) is 14.8. The van der Waals surface area contributed by atoms with Crippen molar-refractivity contribution in [1.29, 1.82) is 0 Å². The molecular formula is C17H28N2O3S.